The van der Waals surface area contributed by atoms with Gasteiger partial charge in [-0.2, -0.15) is 0 Å². The summed E-state index contributed by atoms with van der Waals surface area (Å²) in [5.74, 6) is 0.529. The number of nitrogen functional groups attached to an aromatic ring is 1. The first kappa shape index (κ1) is 13.3. The molecule has 0 amide bonds. The summed E-state index contributed by atoms with van der Waals surface area (Å²) in [6.07, 6.45) is 2.64. The third-order valence-corrected chi connectivity index (χ3v) is 3.80. The van der Waals surface area contributed by atoms with E-state index in [4.69, 9.17) is 17.3 Å². The normalized spacial score (nSPS) is 12.6. The van der Waals surface area contributed by atoms with Gasteiger partial charge >= 0.3 is 0 Å². The zero-order valence-corrected chi connectivity index (χ0v) is 11.8. The number of aromatic nitrogens is 1. The number of anilines is 1. The molecule has 1 atom stereocenters. The first-order valence-corrected chi connectivity index (χ1v) is 7.15. The molecule has 3 nitrogen and oxygen atoms in total. The highest BCUT2D eigenvalue weighted by Crippen LogP contribution is 2.30. The first-order chi connectivity index (χ1) is 8.72. The number of thiophene rings is 1. The molecule has 1 unspecified atom stereocenters. The smallest absolute Gasteiger partial charge is 0.128 e. The molecule has 2 aromatic heterocycles. The lowest BCUT2D eigenvalue weighted by Crippen LogP contribution is -2.23. The van der Waals surface area contributed by atoms with Gasteiger partial charge in [0, 0.05) is 16.6 Å². The van der Waals surface area contributed by atoms with E-state index in [1.165, 1.54) is 4.88 Å². The molecule has 2 rings (SSSR count). The van der Waals surface area contributed by atoms with Crippen molar-refractivity contribution in [2.24, 2.45) is 0 Å². The van der Waals surface area contributed by atoms with Crippen LogP contribution in [0.1, 0.15) is 29.8 Å². The molecule has 2 heterocycles. The molecule has 0 aliphatic heterocycles. The topological polar surface area (TPSA) is 50.9 Å². The number of nitrogens with two attached hydrogens (primary N) is 1. The average Bonchev–Trinajstić information content (AvgIpc) is 2.88. The number of nitrogens with one attached hydrogen (secondary N) is 1. The van der Waals surface area contributed by atoms with Gasteiger partial charge in [0.25, 0.3) is 0 Å². The first-order valence-electron chi connectivity index (χ1n) is 5.90. The minimum atomic E-state index is 0.0659. The van der Waals surface area contributed by atoms with Crippen LogP contribution < -0.4 is 11.1 Å². The van der Waals surface area contributed by atoms with Gasteiger partial charge in [-0.3, -0.25) is 0 Å². The van der Waals surface area contributed by atoms with E-state index in [1.807, 2.05) is 12.1 Å². The van der Waals surface area contributed by atoms with Crippen LogP contribution in [0.5, 0.6) is 0 Å². The second-order valence-corrected chi connectivity index (χ2v) is 5.45. The molecule has 0 spiro atoms. The molecule has 0 radical (unpaired) electrons. The summed E-state index contributed by atoms with van der Waals surface area (Å²) in [6.45, 7) is 3.06. The van der Waals surface area contributed by atoms with Crippen LogP contribution in [-0.4, -0.2) is 11.5 Å². The van der Waals surface area contributed by atoms with Crippen molar-refractivity contribution in [1.82, 2.24) is 10.3 Å². The van der Waals surface area contributed by atoms with Crippen molar-refractivity contribution in [2.45, 2.75) is 19.4 Å². The van der Waals surface area contributed by atoms with Crippen LogP contribution in [0.3, 0.4) is 0 Å². The minimum absolute atomic E-state index is 0.0659. The Morgan fingerprint density at radius 2 is 2.39 bits per heavy atom. The van der Waals surface area contributed by atoms with Crippen molar-refractivity contribution in [3.05, 3.63) is 45.2 Å². The molecule has 0 bridgehead atoms. The molecule has 2 aromatic rings. The minimum Gasteiger partial charge on any atom is -0.383 e. The van der Waals surface area contributed by atoms with Crippen LogP contribution in [0.2, 0.25) is 5.02 Å². The highest BCUT2D eigenvalue weighted by Gasteiger charge is 2.18. The zero-order chi connectivity index (χ0) is 13.0. The Bertz CT molecular complexity index is 499. The van der Waals surface area contributed by atoms with E-state index in [2.05, 4.69) is 28.7 Å². The lowest BCUT2D eigenvalue weighted by atomic mass is 10.1. The van der Waals surface area contributed by atoms with Crippen LogP contribution in [0, 0.1) is 0 Å². The predicted molar refractivity (Wildman–Crippen MR) is 78.1 cm³/mol. The summed E-state index contributed by atoms with van der Waals surface area (Å²) < 4.78 is 0. The Morgan fingerprint density at radius 1 is 1.56 bits per heavy atom. The van der Waals surface area contributed by atoms with E-state index in [0.717, 1.165) is 18.5 Å². The van der Waals surface area contributed by atoms with Crippen molar-refractivity contribution >= 4 is 28.8 Å². The highest BCUT2D eigenvalue weighted by molar-refractivity contribution is 7.10. The lowest BCUT2D eigenvalue weighted by molar-refractivity contribution is 0.606. The quantitative estimate of drug-likeness (QED) is 0.882. The van der Waals surface area contributed by atoms with Gasteiger partial charge in [0.2, 0.25) is 0 Å². The second kappa shape index (κ2) is 6.18. The average molecular weight is 282 g/mol. The fourth-order valence-corrected chi connectivity index (χ4v) is 2.79. The number of hydrogen-bond donors (Lipinski definition) is 2. The summed E-state index contributed by atoms with van der Waals surface area (Å²) in [5.41, 5.74) is 6.91. The molecule has 18 heavy (non-hydrogen) atoms. The largest absolute Gasteiger partial charge is 0.383 e. The Hall–Kier alpha value is -1.10. The predicted octanol–water partition coefficient (Wildman–Crippen LogP) is 3.47. The van der Waals surface area contributed by atoms with Gasteiger partial charge in [-0.25, -0.2) is 4.98 Å². The lowest BCUT2D eigenvalue weighted by Gasteiger charge is -2.19. The van der Waals surface area contributed by atoms with Crippen LogP contribution >= 0.6 is 22.9 Å². The van der Waals surface area contributed by atoms with Gasteiger partial charge in [-0.15, -0.1) is 11.3 Å². The summed E-state index contributed by atoms with van der Waals surface area (Å²) in [5, 5.41) is 6.16. The maximum absolute atomic E-state index is 6.01. The Labute approximate surface area is 116 Å². The number of pyridine rings is 1. The number of rotatable bonds is 5. The summed E-state index contributed by atoms with van der Waals surface area (Å²) in [4.78, 5) is 5.35. The molecule has 0 saturated carbocycles. The molecule has 0 saturated heterocycles. The molecular weight excluding hydrogens is 266 g/mol. The van der Waals surface area contributed by atoms with Gasteiger partial charge in [0.05, 0.1) is 11.1 Å². The number of nitrogens with zero attached hydrogens (tertiary/aromatic N) is 1. The maximum atomic E-state index is 6.01. The molecule has 5 heteroatoms. The molecule has 3 N–H and O–H groups in total. The van der Waals surface area contributed by atoms with E-state index in [0.29, 0.717) is 10.8 Å². The third-order valence-electron chi connectivity index (χ3n) is 2.65. The monoisotopic (exact) mass is 281 g/mol. The van der Waals surface area contributed by atoms with E-state index in [-0.39, 0.29) is 6.04 Å². The van der Waals surface area contributed by atoms with E-state index >= 15 is 0 Å². The van der Waals surface area contributed by atoms with Crippen molar-refractivity contribution in [1.29, 1.82) is 0 Å². The number of hydrogen-bond acceptors (Lipinski definition) is 4. The maximum Gasteiger partial charge on any atom is 0.128 e. The summed E-state index contributed by atoms with van der Waals surface area (Å²) in [7, 11) is 0. The van der Waals surface area contributed by atoms with Crippen LogP contribution in [0.15, 0.2) is 29.8 Å². The Morgan fingerprint density at radius 3 is 3.06 bits per heavy atom. The molecule has 0 aliphatic carbocycles. The molecular formula is C13H16ClN3S. The van der Waals surface area contributed by atoms with Crippen LogP contribution in [0.25, 0.3) is 0 Å². The van der Waals surface area contributed by atoms with Crippen LogP contribution in [-0.2, 0) is 0 Å². The molecule has 96 valence electrons. The molecule has 0 aromatic carbocycles. The van der Waals surface area contributed by atoms with Gasteiger partial charge in [-0.1, -0.05) is 24.6 Å². The molecule has 0 aliphatic rings. The van der Waals surface area contributed by atoms with Gasteiger partial charge in [0.1, 0.15) is 5.82 Å². The fraction of sp³-hybridized carbons (Fsp3) is 0.308. The van der Waals surface area contributed by atoms with E-state index in [1.54, 1.807) is 17.5 Å². The third kappa shape index (κ3) is 3.02. The Kier molecular flexibility index (Phi) is 4.58. The zero-order valence-electron chi connectivity index (χ0n) is 10.2. The van der Waals surface area contributed by atoms with Crippen molar-refractivity contribution in [3.63, 3.8) is 0 Å². The number of halogens is 1. The second-order valence-electron chi connectivity index (χ2n) is 4.03. The van der Waals surface area contributed by atoms with Crippen molar-refractivity contribution in [2.75, 3.05) is 12.3 Å². The van der Waals surface area contributed by atoms with E-state index < -0.39 is 0 Å². The highest BCUT2D eigenvalue weighted by atomic mass is 35.5. The summed E-state index contributed by atoms with van der Waals surface area (Å²) >= 11 is 7.72. The standard InChI is InChI=1S/C13H16ClN3S/c1-2-5-16-12(11-4-3-6-18-11)10-7-9(14)8-17-13(10)15/h3-4,6-8,12,16H,2,5H2,1H3,(H2,15,17). The summed E-state index contributed by atoms with van der Waals surface area (Å²) in [6, 6.07) is 6.08. The van der Waals surface area contributed by atoms with Crippen molar-refractivity contribution in [3.8, 4) is 0 Å². The fourth-order valence-electron chi connectivity index (χ4n) is 1.80. The van der Waals surface area contributed by atoms with Gasteiger partial charge < -0.3 is 11.1 Å². The van der Waals surface area contributed by atoms with Crippen LogP contribution in [0.4, 0.5) is 5.82 Å². The van der Waals surface area contributed by atoms with Gasteiger partial charge in [-0.05, 0) is 30.5 Å². The van der Waals surface area contributed by atoms with Gasteiger partial charge in [0.15, 0.2) is 0 Å². The molecule has 0 fully saturated rings. The Balaban J connectivity index is 2.36. The van der Waals surface area contributed by atoms with E-state index in [9.17, 15) is 0 Å². The van der Waals surface area contributed by atoms with Crippen molar-refractivity contribution < 1.29 is 0 Å². The SMILES string of the molecule is CCCNC(c1cccs1)c1cc(Cl)cnc1N.